The van der Waals surface area contributed by atoms with Gasteiger partial charge in [-0.1, -0.05) is 109 Å². The Morgan fingerprint density at radius 1 is 0.385 bits per heavy atom. The van der Waals surface area contributed by atoms with E-state index in [-0.39, 0.29) is 82.9 Å². The van der Waals surface area contributed by atoms with Crippen LogP contribution in [-0.2, 0) is 62.4 Å². The van der Waals surface area contributed by atoms with Gasteiger partial charge in [0.2, 0.25) is 53.2 Å². The minimum absolute atomic E-state index is 0.0450. The predicted molar refractivity (Wildman–Crippen MR) is 370 cm³/mol. The van der Waals surface area contributed by atoms with E-state index in [4.69, 9.17) is 28.7 Å². The maximum Gasteiger partial charge on any atom is 0.243 e. The molecule has 3 aromatic heterocycles. The summed E-state index contributed by atoms with van der Waals surface area (Å²) in [6.45, 7) is 10.9. The maximum atomic E-state index is 15.2. The number of amides is 9. The van der Waals surface area contributed by atoms with Gasteiger partial charge in [-0.3, -0.25) is 53.1 Å². The van der Waals surface area contributed by atoms with Crippen LogP contribution in [0.3, 0.4) is 0 Å². The van der Waals surface area contributed by atoms with Gasteiger partial charge >= 0.3 is 0 Å². The molecule has 1 aliphatic rings. The predicted octanol–water partition coefficient (Wildman–Crippen LogP) is 1.52. The number of H-pyrrole nitrogens is 3. The summed E-state index contributed by atoms with van der Waals surface area (Å²) >= 11 is 0. The molecule has 4 heterocycles. The molecule has 22 N–H and O–H groups in total. The molecule has 7 rings (SSSR count). The zero-order chi connectivity index (χ0) is 69.6. The Balaban J connectivity index is 1.36. The molecule has 28 nitrogen and oxygen atoms in total. The van der Waals surface area contributed by atoms with E-state index < -0.39 is 125 Å². The number of nitrogens with zero attached hydrogens (tertiary/aromatic N) is 2. The van der Waals surface area contributed by atoms with Crippen LogP contribution in [0.25, 0.3) is 32.7 Å². The van der Waals surface area contributed by atoms with Crippen molar-refractivity contribution in [3.63, 3.8) is 0 Å². The van der Waals surface area contributed by atoms with E-state index >= 15 is 38.4 Å². The van der Waals surface area contributed by atoms with Crippen LogP contribution >= 0.6 is 0 Å². The third kappa shape index (κ3) is 20.3. The Morgan fingerprint density at radius 2 is 0.677 bits per heavy atom. The number of carbonyl (C=O) groups excluding carboxylic acids is 9. The fourth-order valence-corrected chi connectivity index (χ4v) is 11.8. The fourth-order valence-electron chi connectivity index (χ4n) is 11.8. The zero-order valence-electron chi connectivity index (χ0n) is 55.7. The molecular weight excluding hydrogens is 1230 g/mol. The summed E-state index contributed by atoms with van der Waals surface area (Å²) in [6, 6.07) is 9.81. The lowest BCUT2D eigenvalue weighted by Gasteiger charge is -2.30. The molecule has 96 heavy (non-hydrogen) atoms. The molecule has 6 aromatic rings. The van der Waals surface area contributed by atoms with Crippen LogP contribution in [0.5, 0.6) is 0 Å². The number of fused-ring (bicyclic) bond motifs is 3. The second kappa shape index (κ2) is 35.5. The molecule has 9 amide bonds. The Kier molecular flexibility index (Phi) is 27.1. The molecule has 11 atom stereocenters. The summed E-state index contributed by atoms with van der Waals surface area (Å²) in [7, 11) is 0. The first-order chi connectivity index (χ1) is 46.0. The van der Waals surface area contributed by atoms with Crippen molar-refractivity contribution in [2.24, 2.45) is 56.4 Å². The molecule has 0 unspecified atom stereocenters. The molecule has 3 aromatic carbocycles. The lowest BCUT2D eigenvalue weighted by atomic mass is 9.95. The second-order valence-corrected chi connectivity index (χ2v) is 25.2. The molecule has 1 aliphatic heterocycles. The van der Waals surface area contributed by atoms with Crippen molar-refractivity contribution in [1.82, 2.24) is 62.8 Å². The Bertz CT molecular complexity index is 3720. The minimum Gasteiger partial charge on any atom is -0.370 e. The highest BCUT2D eigenvalue weighted by Crippen LogP contribution is 2.24. The maximum absolute atomic E-state index is 15.2. The van der Waals surface area contributed by atoms with Gasteiger partial charge < -0.3 is 91.5 Å². The Labute approximate surface area is 558 Å². The van der Waals surface area contributed by atoms with Gasteiger partial charge in [0.15, 0.2) is 11.9 Å². The number of aromatic nitrogens is 3. The van der Waals surface area contributed by atoms with E-state index in [0.717, 1.165) is 32.7 Å². The Hall–Kier alpha value is -9.99. The van der Waals surface area contributed by atoms with Crippen molar-refractivity contribution in [2.75, 3.05) is 19.6 Å². The topological polar surface area (TPSA) is 464 Å². The average molecular weight is 1320 g/mol. The van der Waals surface area contributed by atoms with Gasteiger partial charge in [-0.2, -0.15) is 0 Å². The van der Waals surface area contributed by atoms with Crippen LogP contribution in [0.4, 0.5) is 0 Å². The molecule has 0 radical (unpaired) electrons. The van der Waals surface area contributed by atoms with Gasteiger partial charge in [-0.15, -0.1) is 0 Å². The number of hydrogen-bond acceptors (Lipinski definition) is 12. The van der Waals surface area contributed by atoms with Crippen LogP contribution < -0.4 is 76.5 Å². The van der Waals surface area contributed by atoms with Crippen LogP contribution in [0.15, 0.2) is 101 Å². The number of guanidine groups is 2. The van der Waals surface area contributed by atoms with Gasteiger partial charge in [-0.25, -0.2) is 0 Å². The second-order valence-electron chi connectivity index (χ2n) is 25.2. The van der Waals surface area contributed by atoms with E-state index in [2.05, 4.69) is 72.8 Å². The Morgan fingerprint density at radius 3 is 0.990 bits per heavy atom. The highest BCUT2D eigenvalue weighted by atomic mass is 16.2. The smallest absolute Gasteiger partial charge is 0.243 e. The first-order valence-electron chi connectivity index (χ1n) is 33.2. The number of aromatic amines is 3. The molecule has 0 spiro atoms. The summed E-state index contributed by atoms with van der Waals surface area (Å²) in [4.78, 5) is 154. The van der Waals surface area contributed by atoms with Crippen molar-refractivity contribution in [3.05, 3.63) is 108 Å². The molecule has 1 fully saturated rings. The minimum atomic E-state index is -1.42. The van der Waals surface area contributed by atoms with E-state index in [9.17, 15) is 4.79 Å². The summed E-state index contributed by atoms with van der Waals surface area (Å²) in [5.41, 5.74) is 32.9. The van der Waals surface area contributed by atoms with Crippen LogP contribution in [0, 0.1) is 17.8 Å². The van der Waals surface area contributed by atoms with Gasteiger partial charge in [0.1, 0.15) is 54.4 Å². The van der Waals surface area contributed by atoms with E-state index in [1.807, 2.05) is 86.6 Å². The van der Waals surface area contributed by atoms with Crippen LogP contribution in [-0.4, -0.2) is 154 Å². The number of benzene rings is 3. The molecule has 0 bridgehead atoms. The van der Waals surface area contributed by atoms with Gasteiger partial charge in [0, 0.05) is 83.7 Å². The third-order valence-corrected chi connectivity index (χ3v) is 17.8. The first-order valence-corrected chi connectivity index (χ1v) is 33.2. The number of carbonyl (C=O) groups is 9. The SMILES string of the molecule is CC[C@H](C)[C@@H]1NC(=O)[C@H](Cc2c[nH]c3ccccc23)NC(=O)[C@H](CCCN=C(N)N)NC(=O)[C@H](C(C)C)NC(=O)[C@H](Cc2c[nH]c3ccccc23)NC(=O)[C@H](CCCN=C(N)N)NC(=O)[C@H]([C@@H](C)CC)NC(=O)[C@H](Cc2c[nH]c3ccccc23)NC(=O)[C@H](CCCCN)NC1=O. The molecule has 1 saturated heterocycles. The zero-order valence-corrected chi connectivity index (χ0v) is 55.7. The number of rotatable bonds is 23. The van der Waals surface area contributed by atoms with Gasteiger partial charge in [0.25, 0.3) is 0 Å². The monoisotopic (exact) mass is 1320 g/mol. The van der Waals surface area contributed by atoms with E-state index in [0.29, 0.717) is 42.4 Å². The summed E-state index contributed by atoms with van der Waals surface area (Å²) in [6.07, 6.45) is 6.56. The fraction of sp³-hybridized carbons (Fsp3) is 0.485. The lowest BCUT2D eigenvalue weighted by Crippen LogP contribution is -2.62. The molecule has 0 aliphatic carbocycles. The number of para-hydroxylation sites is 3. The number of aliphatic imine (C=N–C) groups is 2. The molecule has 0 saturated carbocycles. The standard InChI is InChI=1S/C68H97N19O9/c1-7-38(5)56-65(95)80-49(25-15-16-28-69)58(88)83-53(32-41-35-77-47-23-13-10-20-44(41)47)62(92)87-57(39(6)8-2)66(96)81-51(27-18-30-75-68(72)73)60(90)82-52(31-40-34-76-46-22-12-9-19-43(40)46)61(91)85-55(37(3)4)64(94)79-50(26-17-29-74-67(70)71)59(89)84-54(63(93)86-56)33-42-36-78-48-24-14-11-21-45(42)48/h9-14,19-24,34-39,49-57,76-78H,7-8,15-18,25-33,69H2,1-6H3,(H,79,94)(H,80,95)(H,81,96)(H,82,90)(H,83,88)(H,84,89)(H,85,91)(H,86,93)(H,87,92)(H4,70,71,74)(H4,72,73,75)/t38-,39-,49-,50-,51-,52-,53-,54-,55-,56-,57-/m0/s1. The van der Waals surface area contributed by atoms with E-state index in [1.165, 1.54) is 0 Å². The number of hydrogen-bond donors (Lipinski definition) is 17. The quantitative estimate of drug-likeness (QED) is 0.0246. The molecular formula is C68H97N19O9. The van der Waals surface area contributed by atoms with Crippen LogP contribution in [0.1, 0.15) is 116 Å². The van der Waals surface area contributed by atoms with Crippen molar-refractivity contribution in [1.29, 1.82) is 0 Å². The summed E-state index contributed by atoms with van der Waals surface area (Å²) < 4.78 is 0. The number of nitrogens with two attached hydrogens (primary N) is 5. The highest BCUT2D eigenvalue weighted by molar-refractivity contribution is 6.00. The normalized spacial score (nSPS) is 22.5. The average Bonchev–Trinajstić information content (AvgIpc) is 1.61. The molecule has 518 valence electrons. The largest absolute Gasteiger partial charge is 0.370 e. The molecule has 28 heteroatoms. The number of nitrogens with one attached hydrogen (secondary N) is 12. The van der Waals surface area contributed by atoms with Crippen LogP contribution in [0.2, 0.25) is 0 Å². The van der Waals surface area contributed by atoms with Gasteiger partial charge in [-0.05, 0) is 104 Å². The van der Waals surface area contributed by atoms with Crippen molar-refractivity contribution in [2.45, 2.75) is 173 Å². The van der Waals surface area contributed by atoms with Crippen molar-refractivity contribution >= 4 is 97.8 Å². The van der Waals surface area contributed by atoms with Crippen molar-refractivity contribution in [3.8, 4) is 0 Å². The van der Waals surface area contributed by atoms with E-state index in [1.54, 1.807) is 46.3 Å². The summed E-state index contributed by atoms with van der Waals surface area (Å²) in [5, 5.41) is 28.2. The third-order valence-electron chi connectivity index (χ3n) is 17.8. The van der Waals surface area contributed by atoms with Crippen molar-refractivity contribution < 1.29 is 43.2 Å². The summed E-state index contributed by atoms with van der Waals surface area (Å²) in [5.74, 6) is -9.22. The highest BCUT2D eigenvalue weighted by Gasteiger charge is 2.39. The number of unbranched alkanes of at least 4 members (excludes halogenated alkanes) is 1. The van der Waals surface area contributed by atoms with Gasteiger partial charge in [0.05, 0.1) is 0 Å². The first kappa shape index (κ1) is 73.4. The lowest BCUT2D eigenvalue weighted by molar-refractivity contribution is -0.136.